The van der Waals surface area contributed by atoms with Gasteiger partial charge in [-0.1, -0.05) is 6.07 Å². The van der Waals surface area contributed by atoms with Crippen LogP contribution < -0.4 is 9.47 Å². The number of esters is 2. The largest absolute Gasteiger partial charge is 0.482 e. The first-order chi connectivity index (χ1) is 11.0. The maximum Gasteiger partial charge on any atom is 0.349 e. The second-order valence-electron chi connectivity index (χ2n) is 5.02. The smallest absolute Gasteiger partial charge is 0.349 e. The number of hydrogen-bond donors (Lipinski definition) is 0. The highest BCUT2D eigenvalue weighted by Gasteiger charge is 2.09. The molecule has 0 fully saturated rings. The molecule has 120 valence electrons. The predicted octanol–water partition coefficient (Wildman–Crippen LogP) is 3.07. The van der Waals surface area contributed by atoms with E-state index in [9.17, 15) is 9.59 Å². The van der Waals surface area contributed by atoms with Crippen molar-refractivity contribution in [1.82, 2.24) is 0 Å². The van der Waals surface area contributed by atoms with E-state index in [0.717, 1.165) is 11.1 Å². The molecule has 5 nitrogen and oxygen atoms in total. The molecule has 2 aromatic carbocycles. The van der Waals surface area contributed by atoms with Gasteiger partial charge in [-0.15, -0.1) is 0 Å². The summed E-state index contributed by atoms with van der Waals surface area (Å²) < 4.78 is 15.1. The molecule has 0 aliphatic carbocycles. The Bertz CT molecular complexity index is 704. The highest BCUT2D eigenvalue weighted by atomic mass is 16.6. The van der Waals surface area contributed by atoms with E-state index in [2.05, 4.69) is 4.74 Å². The Balaban J connectivity index is 1.89. The molecule has 0 heterocycles. The molecule has 0 N–H and O–H groups in total. The minimum atomic E-state index is -0.519. The van der Waals surface area contributed by atoms with Crippen molar-refractivity contribution in [2.45, 2.75) is 13.8 Å². The van der Waals surface area contributed by atoms with Crippen LogP contribution in [0.25, 0.3) is 0 Å². The summed E-state index contributed by atoms with van der Waals surface area (Å²) >= 11 is 0. The van der Waals surface area contributed by atoms with Gasteiger partial charge < -0.3 is 14.2 Å². The van der Waals surface area contributed by atoms with Crippen LogP contribution >= 0.6 is 0 Å². The molecular formula is C18H18O5. The highest BCUT2D eigenvalue weighted by Crippen LogP contribution is 2.17. The normalized spacial score (nSPS) is 10.0. The van der Waals surface area contributed by atoms with Crippen molar-refractivity contribution in [2.75, 3.05) is 13.7 Å². The second kappa shape index (κ2) is 7.45. The van der Waals surface area contributed by atoms with E-state index in [0.29, 0.717) is 17.1 Å². The van der Waals surface area contributed by atoms with Crippen molar-refractivity contribution in [1.29, 1.82) is 0 Å². The van der Waals surface area contributed by atoms with Crippen LogP contribution in [0.3, 0.4) is 0 Å². The van der Waals surface area contributed by atoms with Crippen molar-refractivity contribution in [3.05, 3.63) is 59.2 Å². The van der Waals surface area contributed by atoms with E-state index in [1.54, 1.807) is 6.07 Å². The van der Waals surface area contributed by atoms with Gasteiger partial charge in [-0.3, -0.25) is 0 Å². The van der Waals surface area contributed by atoms with Crippen LogP contribution in [0, 0.1) is 13.8 Å². The Labute approximate surface area is 134 Å². The lowest BCUT2D eigenvalue weighted by Crippen LogP contribution is -2.17. The molecule has 0 bridgehead atoms. The third-order valence-corrected chi connectivity index (χ3v) is 3.34. The molecular weight excluding hydrogens is 296 g/mol. The number of rotatable bonds is 5. The van der Waals surface area contributed by atoms with Crippen LogP contribution in [0.4, 0.5) is 0 Å². The van der Waals surface area contributed by atoms with Gasteiger partial charge in [0.2, 0.25) is 0 Å². The van der Waals surface area contributed by atoms with Crippen LogP contribution in [-0.4, -0.2) is 25.7 Å². The summed E-state index contributed by atoms with van der Waals surface area (Å²) in [5, 5.41) is 0. The van der Waals surface area contributed by atoms with Crippen LogP contribution in [0.2, 0.25) is 0 Å². The summed E-state index contributed by atoms with van der Waals surface area (Å²) in [4.78, 5) is 23.1. The Morgan fingerprint density at radius 2 is 1.57 bits per heavy atom. The lowest BCUT2D eigenvalue weighted by Gasteiger charge is -2.08. The Hall–Kier alpha value is -2.82. The second-order valence-corrected chi connectivity index (χ2v) is 5.02. The van der Waals surface area contributed by atoms with Gasteiger partial charge in [-0.25, -0.2) is 9.59 Å². The number of carbonyl (C=O) groups excluding carboxylic acids is 2. The van der Waals surface area contributed by atoms with Crippen molar-refractivity contribution in [3.63, 3.8) is 0 Å². The lowest BCUT2D eigenvalue weighted by atomic mass is 10.1. The van der Waals surface area contributed by atoms with E-state index < -0.39 is 11.9 Å². The van der Waals surface area contributed by atoms with E-state index in [1.165, 1.54) is 31.4 Å². The summed E-state index contributed by atoms with van der Waals surface area (Å²) in [5.74, 6) is -0.00701. The first-order valence-corrected chi connectivity index (χ1v) is 7.08. The molecule has 0 radical (unpaired) electrons. The number of aryl methyl sites for hydroxylation is 2. The highest BCUT2D eigenvalue weighted by molar-refractivity contribution is 5.89. The summed E-state index contributed by atoms with van der Waals surface area (Å²) in [5.41, 5.74) is 2.64. The third kappa shape index (κ3) is 4.57. The van der Waals surface area contributed by atoms with Gasteiger partial charge in [-0.05, 0) is 61.4 Å². The molecule has 0 saturated heterocycles. The fourth-order valence-electron chi connectivity index (χ4n) is 1.88. The zero-order valence-corrected chi connectivity index (χ0v) is 13.3. The number of ether oxygens (including phenoxy) is 3. The third-order valence-electron chi connectivity index (χ3n) is 3.34. The molecule has 0 atom stereocenters. The fraction of sp³-hybridized carbons (Fsp3) is 0.222. The molecule has 0 spiro atoms. The number of carbonyl (C=O) groups is 2. The van der Waals surface area contributed by atoms with Crippen LogP contribution in [-0.2, 0) is 9.53 Å². The maximum atomic E-state index is 11.8. The lowest BCUT2D eigenvalue weighted by molar-refractivity contribution is -0.136. The zero-order chi connectivity index (χ0) is 16.8. The van der Waals surface area contributed by atoms with Gasteiger partial charge in [0, 0.05) is 0 Å². The van der Waals surface area contributed by atoms with Crippen molar-refractivity contribution in [2.24, 2.45) is 0 Å². The van der Waals surface area contributed by atoms with Crippen LogP contribution in [0.15, 0.2) is 42.5 Å². The Morgan fingerprint density at radius 3 is 2.17 bits per heavy atom. The zero-order valence-electron chi connectivity index (χ0n) is 13.3. The molecule has 0 aromatic heterocycles. The van der Waals surface area contributed by atoms with Gasteiger partial charge >= 0.3 is 11.9 Å². The van der Waals surface area contributed by atoms with Crippen molar-refractivity contribution >= 4 is 11.9 Å². The molecule has 2 rings (SSSR count). The minimum Gasteiger partial charge on any atom is -0.482 e. The van der Waals surface area contributed by atoms with Crippen molar-refractivity contribution < 1.29 is 23.8 Å². The van der Waals surface area contributed by atoms with E-state index in [-0.39, 0.29) is 6.61 Å². The molecule has 0 aliphatic rings. The van der Waals surface area contributed by atoms with Crippen molar-refractivity contribution in [3.8, 4) is 11.5 Å². The first kappa shape index (κ1) is 16.5. The summed E-state index contributed by atoms with van der Waals surface area (Å²) in [7, 11) is 1.31. The standard InChI is InChI=1S/C18H18O5/c1-12-4-7-16(10-13(12)2)22-11-17(19)23-15-8-5-14(6-9-15)18(20)21-3/h4-10H,11H2,1-3H3. The monoisotopic (exact) mass is 314 g/mol. The topological polar surface area (TPSA) is 61.8 Å². The quantitative estimate of drug-likeness (QED) is 0.627. The van der Waals surface area contributed by atoms with E-state index in [4.69, 9.17) is 9.47 Å². The molecule has 0 aliphatic heterocycles. The average molecular weight is 314 g/mol. The van der Waals surface area contributed by atoms with Gasteiger partial charge in [0.05, 0.1) is 12.7 Å². The molecule has 0 amide bonds. The summed E-state index contributed by atoms with van der Waals surface area (Å²) in [6, 6.07) is 11.7. The molecule has 5 heteroatoms. The van der Waals surface area contributed by atoms with Gasteiger partial charge in [0.15, 0.2) is 6.61 Å². The van der Waals surface area contributed by atoms with Crippen LogP contribution in [0.5, 0.6) is 11.5 Å². The van der Waals surface area contributed by atoms with Gasteiger partial charge in [0.1, 0.15) is 11.5 Å². The van der Waals surface area contributed by atoms with E-state index >= 15 is 0 Å². The average Bonchev–Trinajstić information content (AvgIpc) is 2.56. The number of methoxy groups -OCH3 is 1. The first-order valence-electron chi connectivity index (χ1n) is 7.08. The molecule has 2 aromatic rings. The number of hydrogen-bond acceptors (Lipinski definition) is 5. The van der Waals surface area contributed by atoms with Crippen LogP contribution in [0.1, 0.15) is 21.5 Å². The summed E-state index contributed by atoms with van der Waals surface area (Å²) in [6.07, 6.45) is 0. The minimum absolute atomic E-state index is 0.193. The Kier molecular flexibility index (Phi) is 5.36. The molecule has 0 unspecified atom stereocenters. The van der Waals surface area contributed by atoms with Gasteiger partial charge in [0.25, 0.3) is 0 Å². The Morgan fingerprint density at radius 1 is 0.913 bits per heavy atom. The molecule has 23 heavy (non-hydrogen) atoms. The SMILES string of the molecule is COC(=O)c1ccc(OC(=O)COc2ccc(C)c(C)c2)cc1. The number of benzene rings is 2. The summed E-state index contributed by atoms with van der Waals surface area (Å²) in [6.45, 7) is 3.79. The fourth-order valence-corrected chi connectivity index (χ4v) is 1.88. The van der Waals surface area contributed by atoms with Gasteiger partial charge in [-0.2, -0.15) is 0 Å². The maximum absolute atomic E-state index is 11.8. The predicted molar refractivity (Wildman–Crippen MR) is 84.8 cm³/mol. The molecule has 0 saturated carbocycles. The van der Waals surface area contributed by atoms with E-state index in [1.807, 2.05) is 26.0 Å².